The van der Waals surface area contributed by atoms with Crippen molar-refractivity contribution in [3.05, 3.63) is 0 Å². The molecule has 1 amide bonds. The van der Waals surface area contributed by atoms with E-state index in [1.54, 1.807) is 11.9 Å². The van der Waals surface area contributed by atoms with Gasteiger partial charge >= 0.3 is 5.97 Å². The Morgan fingerprint density at radius 1 is 1.50 bits per heavy atom. The number of carbonyl (C=O) groups is 2. The van der Waals surface area contributed by atoms with Crippen molar-refractivity contribution in [1.29, 1.82) is 0 Å². The molecule has 1 atom stereocenters. The predicted octanol–water partition coefficient (Wildman–Crippen LogP) is -0.766. The van der Waals surface area contributed by atoms with Crippen molar-refractivity contribution < 1.29 is 14.7 Å². The van der Waals surface area contributed by atoms with Crippen LogP contribution in [0.15, 0.2) is 0 Å². The van der Waals surface area contributed by atoms with Crippen molar-refractivity contribution in [2.75, 3.05) is 26.7 Å². The molecule has 0 bridgehead atoms. The molecule has 0 aliphatic carbocycles. The molecule has 1 unspecified atom stereocenters. The van der Waals surface area contributed by atoms with E-state index in [9.17, 15) is 9.59 Å². The molecule has 5 nitrogen and oxygen atoms in total. The maximum absolute atomic E-state index is 11.6. The van der Waals surface area contributed by atoms with Crippen molar-refractivity contribution >= 4 is 11.9 Å². The fourth-order valence-electron chi connectivity index (χ4n) is 2.07. The monoisotopic (exact) mass is 198 g/mol. The lowest BCUT2D eigenvalue weighted by atomic mass is 9.97. The number of likely N-dealkylation sites (N-methyl/N-ethyl adjacent to an activating group) is 1. The van der Waals surface area contributed by atoms with E-state index >= 15 is 0 Å². The van der Waals surface area contributed by atoms with E-state index in [0.717, 1.165) is 13.0 Å². The minimum Gasteiger partial charge on any atom is -0.481 e. The van der Waals surface area contributed by atoms with E-state index in [0.29, 0.717) is 13.1 Å². The Bertz CT molecular complexity index is 273. The lowest BCUT2D eigenvalue weighted by molar-refractivity contribution is -0.151. The van der Waals surface area contributed by atoms with Gasteiger partial charge in [-0.15, -0.1) is 0 Å². The molecule has 5 heteroatoms. The summed E-state index contributed by atoms with van der Waals surface area (Å²) >= 11 is 0. The minimum atomic E-state index is -0.750. The van der Waals surface area contributed by atoms with Gasteiger partial charge in [0.2, 0.25) is 5.91 Å². The first-order valence-electron chi connectivity index (χ1n) is 4.81. The second kappa shape index (κ2) is 3.24. The molecule has 0 spiro atoms. The van der Waals surface area contributed by atoms with E-state index in [2.05, 4.69) is 0 Å². The average molecular weight is 198 g/mol. The quantitative estimate of drug-likeness (QED) is 0.633. The number of hydrogen-bond acceptors (Lipinski definition) is 3. The van der Waals surface area contributed by atoms with Crippen LogP contribution in [-0.2, 0) is 9.59 Å². The van der Waals surface area contributed by atoms with Gasteiger partial charge in [0.05, 0.1) is 12.0 Å². The summed E-state index contributed by atoms with van der Waals surface area (Å²) in [4.78, 5) is 25.8. The molecule has 0 saturated carbocycles. The van der Waals surface area contributed by atoms with Crippen molar-refractivity contribution in [3.63, 3.8) is 0 Å². The fourth-order valence-corrected chi connectivity index (χ4v) is 2.07. The summed E-state index contributed by atoms with van der Waals surface area (Å²) in [5.74, 6) is -0.886. The number of aliphatic carboxylic acids is 1. The van der Waals surface area contributed by atoms with Crippen LogP contribution in [0.4, 0.5) is 0 Å². The van der Waals surface area contributed by atoms with E-state index in [-0.39, 0.29) is 17.9 Å². The van der Waals surface area contributed by atoms with Gasteiger partial charge in [-0.05, 0) is 6.42 Å². The Kier molecular flexibility index (Phi) is 2.19. The molecule has 2 rings (SSSR count). The van der Waals surface area contributed by atoms with Crippen LogP contribution in [-0.4, -0.2) is 59.5 Å². The van der Waals surface area contributed by atoms with E-state index in [1.165, 1.54) is 0 Å². The molecule has 2 saturated heterocycles. The highest BCUT2D eigenvalue weighted by Gasteiger charge is 2.42. The summed E-state index contributed by atoms with van der Waals surface area (Å²) < 4.78 is 0. The number of likely N-dealkylation sites (tertiary alicyclic amines) is 2. The number of amides is 1. The van der Waals surface area contributed by atoms with Crippen LogP contribution in [0.25, 0.3) is 0 Å². The normalized spacial score (nSPS) is 29.4. The number of rotatable bonds is 2. The molecule has 2 aliphatic rings. The zero-order valence-corrected chi connectivity index (χ0v) is 8.14. The SMILES string of the molecule is CN1CCC(N2CC(C(=O)O)C2)C1=O. The summed E-state index contributed by atoms with van der Waals surface area (Å²) in [5, 5.41) is 8.69. The summed E-state index contributed by atoms with van der Waals surface area (Å²) in [6, 6.07) is -0.0596. The van der Waals surface area contributed by atoms with Gasteiger partial charge < -0.3 is 10.0 Å². The molecule has 1 N–H and O–H groups in total. The number of carboxylic acids is 1. The van der Waals surface area contributed by atoms with Gasteiger partial charge in [0.1, 0.15) is 0 Å². The topological polar surface area (TPSA) is 60.9 Å². The number of nitrogens with zero attached hydrogens (tertiary/aromatic N) is 2. The zero-order valence-electron chi connectivity index (χ0n) is 8.14. The smallest absolute Gasteiger partial charge is 0.309 e. The molecular formula is C9H14N2O3. The standard InChI is InChI=1S/C9H14N2O3/c1-10-3-2-7(8(10)12)11-4-6(5-11)9(13)14/h6-7H,2-5H2,1H3,(H,13,14). The Morgan fingerprint density at radius 2 is 2.14 bits per heavy atom. The molecule has 14 heavy (non-hydrogen) atoms. The third-order valence-corrected chi connectivity index (χ3v) is 3.10. The van der Waals surface area contributed by atoms with Crippen LogP contribution in [0.3, 0.4) is 0 Å². The van der Waals surface area contributed by atoms with Crippen LogP contribution in [0, 0.1) is 5.92 Å². The Morgan fingerprint density at radius 3 is 2.57 bits per heavy atom. The summed E-state index contributed by atoms with van der Waals surface area (Å²) in [5.41, 5.74) is 0. The Balaban J connectivity index is 1.88. The first-order valence-corrected chi connectivity index (χ1v) is 4.81. The highest BCUT2D eigenvalue weighted by Crippen LogP contribution is 2.24. The molecular weight excluding hydrogens is 184 g/mol. The summed E-state index contributed by atoms with van der Waals surface area (Å²) in [6.07, 6.45) is 0.835. The van der Waals surface area contributed by atoms with Crippen LogP contribution >= 0.6 is 0 Å². The Hall–Kier alpha value is -1.10. The van der Waals surface area contributed by atoms with Crippen LogP contribution in [0.5, 0.6) is 0 Å². The molecule has 0 aromatic rings. The van der Waals surface area contributed by atoms with Gasteiger partial charge in [-0.1, -0.05) is 0 Å². The van der Waals surface area contributed by atoms with E-state index in [1.807, 2.05) is 4.90 Å². The zero-order chi connectivity index (χ0) is 10.3. The molecule has 78 valence electrons. The van der Waals surface area contributed by atoms with Gasteiger partial charge in [-0.2, -0.15) is 0 Å². The lowest BCUT2D eigenvalue weighted by Crippen LogP contribution is -2.56. The molecule has 2 fully saturated rings. The molecule has 0 aromatic carbocycles. The average Bonchev–Trinajstić information content (AvgIpc) is 2.32. The van der Waals surface area contributed by atoms with Crippen molar-refractivity contribution in [2.24, 2.45) is 5.92 Å². The number of hydrogen-bond donors (Lipinski definition) is 1. The summed E-state index contributed by atoms with van der Waals surface area (Å²) in [6.45, 7) is 1.84. The van der Waals surface area contributed by atoms with Gasteiger partial charge in [-0.25, -0.2) is 0 Å². The van der Waals surface area contributed by atoms with E-state index < -0.39 is 5.97 Å². The fraction of sp³-hybridized carbons (Fsp3) is 0.778. The third-order valence-electron chi connectivity index (χ3n) is 3.10. The second-order valence-corrected chi connectivity index (χ2v) is 4.05. The predicted molar refractivity (Wildman–Crippen MR) is 48.7 cm³/mol. The molecule has 2 heterocycles. The second-order valence-electron chi connectivity index (χ2n) is 4.05. The van der Waals surface area contributed by atoms with Gasteiger partial charge in [0, 0.05) is 26.7 Å². The first kappa shape index (κ1) is 9.45. The van der Waals surface area contributed by atoms with Crippen LogP contribution in [0.2, 0.25) is 0 Å². The minimum absolute atomic E-state index is 0.0596. The van der Waals surface area contributed by atoms with Crippen molar-refractivity contribution in [2.45, 2.75) is 12.5 Å². The highest BCUT2D eigenvalue weighted by molar-refractivity contribution is 5.84. The lowest BCUT2D eigenvalue weighted by Gasteiger charge is -2.39. The first-order chi connectivity index (χ1) is 6.59. The van der Waals surface area contributed by atoms with Crippen molar-refractivity contribution in [3.8, 4) is 0 Å². The maximum atomic E-state index is 11.6. The highest BCUT2D eigenvalue weighted by atomic mass is 16.4. The Labute approximate surface area is 82.3 Å². The van der Waals surface area contributed by atoms with Gasteiger partial charge in [-0.3, -0.25) is 14.5 Å². The van der Waals surface area contributed by atoms with Gasteiger partial charge in [0.15, 0.2) is 0 Å². The molecule has 0 radical (unpaired) electrons. The number of carbonyl (C=O) groups excluding carboxylic acids is 1. The van der Waals surface area contributed by atoms with Crippen molar-refractivity contribution in [1.82, 2.24) is 9.80 Å². The molecule has 2 aliphatic heterocycles. The summed E-state index contributed by atoms with van der Waals surface area (Å²) in [7, 11) is 1.79. The van der Waals surface area contributed by atoms with Crippen LogP contribution in [0.1, 0.15) is 6.42 Å². The largest absolute Gasteiger partial charge is 0.481 e. The van der Waals surface area contributed by atoms with Crippen LogP contribution < -0.4 is 0 Å². The third kappa shape index (κ3) is 1.37. The molecule has 0 aromatic heterocycles. The maximum Gasteiger partial charge on any atom is 0.309 e. The van der Waals surface area contributed by atoms with Gasteiger partial charge in [0.25, 0.3) is 0 Å². The van der Waals surface area contributed by atoms with E-state index in [4.69, 9.17) is 5.11 Å². The number of carboxylic acid groups (broad SMARTS) is 1.